The number of aliphatic hydroxyl groups is 1. The first-order chi connectivity index (χ1) is 12.5. The van der Waals surface area contributed by atoms with E-state index in [1.54, 1.807) is 6.92 Å². The third-order valence-corrected chi connectivity index (χ3v) is 6.93. The lowest BCUT2D eigenvalue weighted by Crippen LogP contribution is -2.43. The van der Waals surface area contributed by atoms with Gasteiger partial charge in [0.25, 0.3) is 0 Å². The summed E-state index contributed by atoms with van der Waals surface area (Å²) in [6.07, 6.45) is -0.488. The topological polar surface area (TPSA) is 68.0 Å². The lowest BCUT2D eigenvalue weighted by Gasteiger charge is -2.25. The van der Waals surface area contributed by atoms with Crippen LogP contribution in [0.5, 0.6) is 11.5 Å². The molecule has 0 saturated heterocycles. The van der Waals surface area contributed by atoms with E-state index in [0.717, 1.165) is 18.2 Å². The number of alkyl halides is 2. The fraction of sp³-hybridized carbons (Fsp3) is 0.278. The minimum Gasteiger partial charge on any atom is -0.458 e. The second-order valence-electron chi connectivity index (χ2n) is 6.70. The van der Waals surface area contributed by atoms with Crippen molar-refractivity contribution in [1.29, 1.82) is 0 Å². The molecule has 5 nitrogen and oxygen atoms in total. The van der Waals surface area contributed by atoms with Gasteiger partial charge in [0, 0.05) is 17.2 Å². The summed E-state index contributed by atoms with van der Waals surface area (Å²) < 4.78 is 72.6. The summed E-state index contributed by atoms with van der Waals surface area (Å²) in [5.41, 5.74) is -3.07. The fourth-order valence-electron chi connectivity index (χ4n) is 3.88. The van der Waals surface area contributed by atoms with E-state index in [1.807, 2.05) is 0 Å². The van der Waals surface area contributed by atoms with E-state index in [0.29, 0.717) is 0 Å². The van der Waals surface area contributed by atoms with Gasteiger partial charge < -0.3 is 9.84 Å². The van der Waals surface area contributed by atoms with E-state index in [2.05, 4.69) is 4.85 Å². The Kier molecular flexibility index (Phi) is 3.46. The molecule has 4 rings (SSSR count). The number of halogens is 3. The molecule has 2 aromatic rings. The van der Waals surface area contributed by atoms with Crippen molar-refractivity contribution in [3.05, 3.63) is 58.7 Å². The molecule has 0 aromatic heterocycles. The largest absolute Gasteiger partial charge is 0.458 e. The average molecular weight is 395 g/mol. The number of rotatable bonds is 2. The monoisotopic (exact) mass is 395 g/mol. The Bertz CT molecular complexity index is 1140. The normalized spacial score (nSPS) is 26.4. The molecule has 27 heavy (non-hydrogen) atoms. The summed E-state index contributed by atoms with van der Waals surface area (Å²) in [5, 5.41) is 6.22. The summed E-state index contributed by atoms with van der Waals surface area (Å²) >= 11 is 0. The van der Waals surface area contributed by atoms with Gasteiger partial charge >= 0.3 is 5.25 Å². The smallest absolute Gasteiger partial charge is 0.381 e. The van der Waals surface area contributed by atoms with E-state index in [4.69, 9.17) is 11.3 Å². The van der Waals surface area contributed by atoms with Crippen LogP contribution in [0.15, 0.2) is 35.2 Å². The second kappa shape index (κ2) is 5.24. The third-order valence-electron chi connectivity index (χ3n) is 5.00. The maximum Gasteiger partial charge on any atom is 0.381 e. The van der Waals surface area contributed by atoms with Crippen LogP contribution in [-0.2, 0) is 15.4 Å². The first-order valence-electron chi connectivity index (χ1n) is 7.91. The number of hydrogen-bond acceptors (Lipinski definition) is 4. The Labute approximate surface area is 152 Å². The van der Waals surface area contributed by atoms with Gasteiger partial charge in [-0.1, -0.05) is 6.92 Å². The van der Waals surface area contributed by atoms with E-state index in [-0.39, 0.29) is 28.3 Å². The van der Waals surface area contributed by atoms with Crippen molar-refractivity contribution >= 4 is 15.5 Å². The molecule has 1 N–H and O–H groups in total. The number of hydrogen-bond donors (Lipinski definition) is 1. The summed E-state index contributed by atoms with van der Waals surface area (Å²) in [5.74, 6) is -1.33. The molecule has 1 heterocycles. The van der Waals surface area contributed by atoms with Crippen LogP contribution in [0.2, 0.25) is 0 Å². The number of benzene rings is 2. The fourth-order valence-corrected chi connectivity index (χ4v) is 5.58. The van der Waals surface area contributed by atoms with Crippen LogP contribution in [0.1, 0.15) is 30.4 Å². The Hall–Kier alpha value is -2.57. The molecule has 2 unspecified atom stereocenters. The maximum absolute atomic E-state index is 14.5. The van der Waals surface area contributed by atoms with Crippen LogP contribution in [-0.4, -0.2) is 18.8 Å². The molecule has 1 aliphatic heterocycles. The molecule has 0 amide bonds. The molecule has 0 bridgehead atoms. The quantitative estimate of drug-likeness (QED) is 0.773. The highest BCUT2D eigenvalue weighted by Gasteiger charge is 2.73. The molecule has 1 aliphatic carbocycles. The summed E-state index contributed by atoms with van der Waals surface area (Å²) in [7, 11) is -5.03. The van der Waals surface area contributed by atoms with Crippen molar-refractivity contribution in [2.24, 2.45) is 0 Å². The van der Waals surface area contributed by atoms with Crippen LogP contribution < -0.4 is 4.74 Å². The molecule has 2 atom stereocenters. The van der Waals surface area contributed by atoms with Crippen molar-refractivity contribution in [3.8, 4) is 11.5 Å². The summed E-state index contributed by atoms with van der Waals surface area (Å²) in [4.78, 5) is 2.50. The van der Waals surface area contributed by atoms with Crippen molar-refractivity contribution in [1.82, 2.24) is 0 Å². The highest BCUT2D eigenvalue weighted by molar-refractivity contribution is 7.93. The Morgan fingerprint density at radius 3 is 2.67 bits per heavy atom. The van der Waals surface area contributed by atoms with E-state index in [9.17, 15) is 26.7 Å². The predicted octanol–water partition coefficient (Wildman–Crippen LogP) is 4.24. The first kappa shape index (κ1) is 17.8. The van der Waals surface area contributed by atoms with Crippen molar-refractivity contribution in [3.63, 3.8) is 0 Å². The molecule has 0 spiro atoms. The standard InChI is InChI=1S/C18H12F3NO4S/c1-9-8-17(23)16-14(27(24,25)18(17,20)21)4-3-13(15(9)16)26-12-6-10(19)5-11(7-12)22-2/h3-7,9,23H,8H2,1H3. The zero-order chi connectivity index (χ0) is 19.8. The third kappa shape index (κ3) is 2.11. The van der Waals surface area contributed by atoms with Crippen LogP contribution >= 0.6 is 0 Å². The average Bonchev–Trinajstić information content (AvgIpc) is 2.92. The number of ether oxygens (including phenoxy) is 1. The van der Waals surface area contributed by atoms with Gasteiger partial charge in [0.2, 0.25) is 9.84 Å². The molecule has 2 aliphatic rings. The van der Waals surface area contributed by atoms with Crippen LogP contribution in [0, 0.1) is 12.4 Å². The minimum absolute atomic E-state index is 0.0127. The van der Waals surface area contributed by atoms with Crippen LogP contribution in [0.4, 0.5) is 18.9 Å². The van der Waals surface area contributed by atoms with Gasteiger partial charge in [-0.25, -0.2) is 17.7 Å². The molecule has 0 radical (unpaired) electrons. The summed E-state index contributed by atoms with van der Waals surface area (Å²) in [6.45, 7) is 8.53. The van der Waals surface area contributed by atoms with E-state index < -0.39 is 43.7 Å². The predicted molar refractivity (Wildman–Crippen MR) is 88.2 cm³/mol. The Morgan fingerprint density at radius 1 is 1.30 bits per heavy atom. The lowest BCUT2D eigenvalue weighted by molar-refractivity contribution is -0.127. The zero-order valence-corrected chi connectivity index (χ0v) is 14.6. The number of sulfone groups is 1. The highest BCUT2D eigenvalue weighted by Crippen LogP contribution is 2.64. The Balaban J connectivity index is 1.91. The Morgan fingerprint density at radius 2 is 2.00 bits per heavy atom. The van der Waals surface area contributed by atoms with Crippen molar-refractivity contribution in [2.75, 3.05) is 0 Å². The minimum atomic E-state index is -5.03. The van der Waals surface area contributed by atoms with Crippen molar-refractivity contribution < 1.29 is 31.4 Å². The zero-order valence-electron chi connectivity index (χ0n) is 13.8. The molecular formula is C18H12F3NO4S. The highest BCUT2D eigenvalue weighted by atomic mass is 32.2. The molecule has 0 fully saturated rings. The van der Waals surface area contributed by atoms with Gasteiger partial charge in [-0.3, -0.25) is 0 Å². The first-order valence-corrected chi connectivity index (χ1v) is 9.39. The van der Waals surface area contributed by atoms with Gasteiger partial charge in [-0.05, 0) is 36.6 Å². The molecular weight excluding hydrogens is 383 g/mol. The van der Waals surface area contributed by atoms with Gasteiger partial charge in [-0.2, -0.15) is 8.78 Å². The SMILES string of the molecule is [C-]#[N+]c1cc(F)cc(Oc2ccc3c4c2C(C)CC4(O)C(F)(F)S3(=O)=O)c1. The maximum atomic E-state index is 14.5. The van der Waals surface area contributed by atoms with Gasteiger partial charge in [0.05, 0.1) is 11.5 Å². The molecule has 2 aromatic carbocycles. The van der Waals surface area contributed by atoms with Gasteiger partial charge in [-0.15, -0.1) is 0 Å². The van der Waals surface area contributed by atoms with Gasteiger partial charge in [0.15, 0.2) is 11.3 Å². The van der Waals surface area contributed by atoms with E-state index >= 15 is 0 Å². The second-order valence-corrected chi connectivity index (χ2v) is 8.65. The van der Waals surface area contributed by atoms with E-state index in [1.165, 1.54) is 12.1 Å². The molecule has 0 saturated carbocycles. The van der Waals surface area contributed by atoms with Crippen LogP contribution in [0.25, 0.3) is 4.85 Å². The summed E-state index contributed by atoms with van der Waals surface area (Å²) in [6, 6.07) is 5.47. The van der Waals surface area contributed by atoms with Crippen LogP contribution in [0.3, 0.4) is 0 Å². The van der Waals surface area contributed by atoms with Crippen molar-refractivity contribution in [2.45, 2.75) is 35.0 Å². The molecule has 9 heteroatoms. The van der Waals surface area contributed by atoms with Gasteiger partial charge in [0.1, 0.15) is 17.3 Å². The molecule has 140 valence electrons. The lowest BCUT2D eigenvalue weighted by atomic mass is 9.96. The number of nitrogens with zero attached hydrogens (tertiary/aromatic N) is 1.